The van der Waals surface area contributed by atoms with Crippen LogP contribution in [-0.2, 0) is 6.42 Å². The van der Waals surface area contributed by atoms with Crippen molar-refractivity contribution in [2.75, 3.05) is 32.7 Å². The number of rotatable bonds is 7. The Kier molecular flexibility index (Phi) is 5.80. The number of nitrogens with one attached hydrogen (secondary N) is 1. The number of hydrogen-bond donors (Lipinski definition) is 1. The van der Waals surface area contributed by atoms with Gasteiger partial charge in [-0.3, -0.25) is 0 Å². The minimum absolute atomic E-state index is 0.139. The van der Waals surface area contributed by atoms with Crippen molar-refractivity contribution in [1.29, 1.82) is 0 Å². The van der Waals surface area contributed by atoms with E-state index >= 15 is 0 Å². The van der Waals surface area contributed by atoms with Crippen molar-refractivity contribution >= 4 is 0 Å². The molecule has 1 N–H and O–H groups in total. The van der Waals surface area contributed by atoms with Crippen molar-refractivity contribution < 1.29 is 4.39 Å². The molecule has 1 aromatic rings. The molecule has 1 aromatic carbocycles. The Morgan fingerprint density at radius 1 is 1.21 bits per heavy atom. The molecule has 0 atom stereocenters. The molecule has 0 amide bonds. The maximum absolute atomic E-state index is 13.0. The zero-order chi connectivity index (χ0) is 13.5. The number of benzene rings is 1. The number of halogens is 1. The maximum Gasteiger partial charge on any atom is 0.123 e. The molecule has 2 rings (SSSR count). The van der Waals surface area contributed by atoms with Crippen LogP contribution in [0.4, 0.5) is 4.39 Å². The molecule has 1 saturated heterocycles. The second-order valence-electron chi connectivity index (χ2n) is 5.47. The Morgan fingerprint density at radius 2 is 2.00 bits per heavy atom. The molecule has 1 fully saturated rings. The lowest BCUT2D eigenvalue weighted by Gasteiger charge is -2.14. The molecule has 2 nitrogen and oxygen atoms in total. The predicted molar refractivity (Wildman–Crippen MR) is 78.0 cm³/mol. The first-order chi connectivity index (χ1) is 9.25. The van der Waals surface area contributed by atoms with Crippen molar-refractivity contribution in [3.8, 4) is 0 Å². The first-order valence-electron chi connectivity index (χ1n) is 7.44. The summed E-state index contributed by atoms with van der Waals surface area (Å²) in [7, 11) is 0. The monoisotopic (exact) mass is 264 g/mol. The fourth-order valence-corrected chi connectivity index (χ4v) is 2.72. The van der Waals surface area contributed by atoms with Crippen LogP contribution in [0.2, 0.25) is 0 Å². The molecular weight excluding hydrogens is 239 g/mol. The summed E-state index contributed by atoms with van der Waals surface area (Å²) in [6.45, 7) is 7.83. The van der Waals surface area contributed by atoms with Gasteiger partial charge in [0.1, 0.15) is 5.82 Å². The first kappa shape index (κ1) is 14.5. The van der Waals surface area contributed by atoms with Gasteiger partial charge in [-0.2, -0.15) is 0 Å². The van der Waals surface area contributed by atoms with Gasteiger partial charge in [-0.25, -0.2) is 4.39 Å². The third-order valence-electron chi connectivity index (χ3n) is 3.90. The topological polar surface area (TPSA) is 15.3 Å². The summed E-state index contributed by atoms with van der Waals surface area (Å²) in [6.07, 6.45) is 4.95. The van der Waals surface area contributed by atoms with Crippen molar-refractivity contribution in [2.24, 2.45) is 0 Å². The lowest BCUT2D eigenvalue weighted by molar-refractivity contribution is 0.331. The van der Waals surface area contributed by atoms with Gasteiger partial charge in [-0.05, 0) is 88.6 Å². The van der Waals surface area contributed by atoms with E-state index in [1.165, 1.54) is 44.5 Å². The van der Waals surface area contributed by atoms with Crippen LogP contribution < -0.4 is 5.32 Å². The highest BCUT2D eigenvalue weighted by atomic mass is 19.1. The van der Waals surface area contributed by atoms with Gasteiger partial charge in [0.15, 0.2) is 0 Å². The van der Waals surface area contributed by atoms with E-state index in [2.05, 4.69) is 10.2 Å². The lowest BCUT2D eigenvalue weighted by atomic mass is 10.1. The Hall–Kier alpha value is -0.930. The van der Waals surface area contributed by atoms with Gasteiger partial charge in [0.25, 0.3) is 0 Å². The van der Waals surface area contributed by atoms with Crippen LogP contribution in [0.5, 0.6) is 0 Å². The molecule has 0 spiro atoms. The largest absolute Gasteiger partial charge is 0.316 e. The Morgan fingerprint density at radius 3 is 2.74 bits per heavy atom. The van der Waals surface area contributed by atoms with E-state index in [-0.39, 0.29) is 5.82 Å². The van der Waals surface area contributed by atoms with E-state index in [1.807, 2.05) is 13.0 Å². The molecule has 0 aromatic heterocycles. The highest BCUT2D eigenvalue weighted by Crippen LogP contribution is 2.10. The van der Waals surface area contributed by atoms with Crippen LogP contribution in [0.15, 0.2) is 18.2 Å². The second-order valence-corrected chi connectivity index (χ2v) is 5.47. The summed E-state index contributed by atoms with van der Waals surface area (Å²) < 4.78 is 13.0. The summed E-state index contributed by atoms with van der Waals surface area (Å²) in [5.41, 5.74) is 2.30. The van der Waals surface area contributed by atoms with Crippen LogP contribution in [0.1, 0.15) is 30.4 Å². The van der Waals surface area contributed by atoms with E-state index in [9.17, 15) is 4.39 Å². The molecule has 19 heavy (non-hydrogen) atoms. The summed E-state index contributed by atoms with van der Waals surface area (Å²) in [6, 6.07) is 5.06. The van der Waals surface area contributed by atoms with E-state index in [0.29, 0.717) is 0 Å². The molecule has 1 heterocycles. The van der Waals surface area contributed by atoms with Gasteiger partial charge in [0.05, 0.1) is 0 Å². The smallest absolute Gasteiger partial charge is 0.123 e. The van der Waals surface area contributed by atoms with Crippen LogP contribution >= 0.6 is 0 Å². The van der Waals surface area contributed by atoms with Gasteiger partial charge in [0.2, 0.25) is 0 Å². The first-order valence-corrected chi connectivity index (χ1v) is 7.44. The highest BCUT2D eigenvalue weighted by Gasteiger charge is 2.09. The number of nitrogens with zero attached hydrogens (tertiary/aromatic N) is 1. The highest BCUT2D eigenvalue weighted by molar-refractivity contribution is 5.26. The van der Waals surface area contributed by atoms with E-state index < -0.39 is 0 Å². The third-order valence-corrected chi connectivity index (χ3v) is 3.90. The van der Waals surface area contributed by atoms with Crippen LogP contribution in [0.25, 0.3) is 0 Å². The molecule has 1 aliphatic rings. The van der Waals surface area contributed by atoms with Gasteiger partial charge < -0.3 is 10.2 Å². The molecule has 0 aliphatic carbocycles. The standard InChI is InChI=1S/C16H25FN2/c1-14-13-16(17)6-5-15(14)7-9-18-8-4-12-19-10-2-3-11-19/h5-6,13,18H,2-4,7-12H2,1H3. The van der Waals surface area contributed by atoms with Crippen LogP contribution in [0.3, 0.4) is 0 Å². The van der Waals surface area contributed by atoms with Crippen molar-refractivity contribution in [2.45, 2.75) is 32.6 Å². The summed E-state index contributed by atoms with van der Waals surface area (Å²) >= 11 is 0. The zero-order valence-corrected chi connectivity index (χ0v) is 11.9. The second kappa shape index (κ2) is 7.61. The Labute approximate surface area is 116 Å². The normalized spacial score (nSPS) is 16.1. The van der Waals surface area contributed by atoms with Gasteiger partial charge in [-0.1, -0.05) is 6.07 Å². The van der Waals surface area contributed by atoms with Gasteiger partial charge in [0, 0.05) is 0 Å². The van der Waals surface area contributed by atoms with E-state index in [0.717, 1.165) is 25.1 Å². The van der Waals surface area contributed by atoms with Gasteiger partial charge in [-0.15, -0.1) is 0 Å². The van der Waals surface area contributed by atoms with Crippen molar-refractivity contribution in [1.82, 2.24) is 10.2 Å². The molecule has 106 valence electrons. The van der Waals surface area contributed by atoms with Gasteiger partial charge >= 0.3 is 0 Å². The minimum atomic E-state index is -0.139. The predicted octanol–water partition coefficient (Wildman–Crippen LogP) is 2.75. The summed E-state index contributed by atoms with van der Waals surface area (Å²) in [5, 5.41) is 3.48. The average Bonchev–Trinajstić information content (AvgIpc) is 2.89. The SMILES string of the molecule is Cc1cc(F)ccc1CCNCCCN1CCCC1. The van der Waals surface area contributed by atoms with Crippen LogP contribution in [-0.4, -0.2) is 37.6 Å². The van der Waals surface area contributed by atoms with Crippen molar-refractivity contribution in [3.63, 3.8) is 0 Å². The van der Waals surface area contributed by atoms with E-state index in [1.54, 1.807) is 12.1 Å². The lowest BCUT2D eigenvalue weighted by Crippen LogP contribution is -2.25. The molecule has 3 heteroatoms. The third kappa shape index (κ3) is 4.92. The molecule has 0 radical (unpaired) electrons. The quantitative estimate of drug-likeness (QED) is 0.762. The van der Waals surface area contributed by atoms with Crippen molar-refractivity contribution in [3.05, 3.63) is 35.1 Å². The zero-order valence-electron chi connectivity index (χ0n) is 11.9. The fourth-order valence-electron chi connectivity index (χ4n) is 2.72. The summed E-state index contributed by atoms with van der Waals surface area (Å²) in [5.74, 6) is -0.139. The molecule has 0 bridgehead atoms. The number of hydrogen-bond acceptors (Lipinski definition) is 2. The Bertz CT molecular complexity index is 386. The maximum atomic E-state index is 13.0. The number of aryl methyl sites for hydroxylation is 1. The molecular formula is C16H25FN2. The summed E-state index contributed by atoms with van der Waals surface area (Å²) in [4.78, 5) is 2.55. The molecule has 0 saturated carbocycles. The minimum Gasteiger partial charge on any atom is -0.316 e. The average molecular weight is 264 g/mol. The Balaban J connectivity index is 1.56. The fraction of sp³-hybridized carbons (Fsp3) is 0.625. The van der Waals surface area contributed by atoms with E-state index in [4.69, 9.17) is 0 Å². The molecule has 0 unspecified atom stereocenters. The van der Waals surface area contributed by atoms with Crippen LogP contribution in [0, 0.1) is 12.7 Å². The number of likely N-dealkylation sites (tertiary alicyclic amines) is 1. The molecule has 1 aliphatic heterocycles.